The van der Waals surface area contributed by atoms with Crippen molar-refractivity contribution in [2.24, 2.45) is 0 Å². The number of methoxy groups -OCH3 is 1. The molecule has 0 aliphatic carbocycles. The highest BCUT2D eigenvalue weighted by atomic mass is 16.5. The summed E-state index contributed by atoms with van der Waals surface area (Å²) in [6, 6.07) is 11.7. The first-order chi connectivity index (χ1) is 12.2. The van der Waals surface area contributed by atoms with E-state index in [1.54, 1.807) is 7.11 Å². The normalized spacial score (nSPS) is 11.0. The molecule has 0 aliphatic rings. The van der Waals surface area contributed by atoms with E-state index in [4.69, 9.17) is 19.2 Å². The van der Waals surface area contributed by atoms with Crippen LogP contribution in [0.4, 0.5) is 0 Å². The quantitative estimate of drug-likeness (QED) is 0.587. The van der Waals surface area contributed by atoms with Crippen LogP contribution in [-0.4, -0.2) is 41.5 Å². The van der Waals surface area contributed by atoms with Crippen molar-refractivity contribution in [1.82, 2.24) is 14.6 Å². The molecular weight excluding hydrogens is 318 g/mol. The second-order valence-electron chi connectivity index (χ2n) is 5.70. The first-order valence-electron chi connectivity index (χ1n) is 8.44. The van der Waals surface area contributed by atoms with Gasteiger partial charge in [0.1, 0.15) is 12.4 Å². The van der Waals surface area contributed by atoms with E-state index in [1.165, 1.54) is 0 Å². The molecule has 2 aromatic heterocycles. The van der Waals surface area contributed by atoms with Crippen molar-refractivity contribution in [3.05, 3.63) is 42.1 Å². The summed E-state index contributed by atoms with van der Waals surface area (Å²) in [5, 5.41) is 4.52. The number of hydrogen-bond acceptors (Lipinski definition) is 5. The summed E-state index contributed by atoms with van der Waals surface area (Å²) in [5.41, 5.74) is 3.71. The Morgan fingerprint density at radius 3 is 2.48 bits per heavy atom. The first kappa shape index (κ1) is 17.2. The lowest BCUT2D eigenvalue weighted by Crippen LogP contribution is -2.03. The Balaban J connectivity index is 1.84. The minimum atomic E-state index is 0.535. The van der Waals surface area contributed by atoms with Gasteiger partial charge < -0.3 is 14.2 Å². The van der Waals surface area contributed by atoms with Crippen molar-refractivity contribution in [2.75, 3.05) is 26.9 Å². The summed E-state index contributed by atoms with van der Waals surface area (Å²) in [4.78, 5) is 4.69. The molecule has 6 nitrogen and oxygen atoms in total. The van der Waals surface area contributed by atoms with Gasteiger partial charge in [0.2, 0.25) is 5.88 Å². The highest BCUT2D eigenvalue weighted by Gasteiger charge is 2.12. The van der Waals surface area contributed by atoms with Crippen LogP contribution in [0.2, 0.25) is 0 Å². The Hall–Kier alpha value is -2.60. The number of ether oxygens (including phenoxy) is 3. The Bertz CT molecular complexity index is 828. The summed E-state index contributed by atoms with van der Waals surface area (Å²) >= 11 is 0. The molecule has 0 spiro atoms. The number of hydrogen-bond donors (Lipinski definition) is 0. The maximum absolute atomic E-state index is 5.61. The van der Waals surface area contributed by atoms with E-state index in [-0.39, 0.29) is 0 Å². The molecular formula is C19H23N3O3. The first-order valence-corrected chi connectivity index (χ1v) is 8.44. The topological polar surface area (TPSA) is 57.9 Å². The highest BCUT2D eigenvalue weighted by Crippen LogP contribution is 2.26. The Labute approximate surface area is 147 Å². The predicted octanol–water partition coefficient (Wildman–Crippen LogP) is 3.52. The summed E-state index contributed by atoms with van der Waals surface area (Å²) in [6.45, 7) is 5.84. The molecule has 0 fully saturated rings. The third kappa shape index (κ3) is 3.91. The fraction of sp³-hybridized carbons (Fsp3) is 0.368. The van der Waals surface area contributed by atoms with Crippen LogP contribution in [0.1, 0.15) is 19.0 Å². The van der Waals surface area contributed by atoms with E-state index in [1.807, 2.05) is 47.8 Å². The molecule has 0 atom stereocenters. The zero-order valence-corrected chi connectivity index (χ0v) is 14.9. The van der Waals surface area contributed by atoms with Crippen LogP contribution in [0.25, 0.3) is 16.9 Å². The third-order valence-corrected chi connectivity index (χ3v) is 3.82. The molecule has 0 saturated heterocycles. The molecule has 3 rings (SSSR count). The molecule has 0 saturated carbocycles. The van der Waals surface area contributed by atoms with Crippen molar-refractivity contribution in [2.45, 2.75) is 20.3 Å². The van der Waals surface area contributed by atoms with Crippen molar-refractivity contribution >= 4 is 5.65 Å². The van der Waals surface area contributed by atoms with E-state index in [0.717, 1.165) is 34.8 Å². The standard InChI is InChI=1S/C19H23N3O3/c1-4-11-25-18-10-9-17-20-19(14(2)22(17)21-18)15-5-7-16(8-6-15)24-13-12-23-3/h5-10H,4,11-13H2,1-3H3. The number of imidazole rings is 1. The molecule has 0 radical (unpaired) electrons. The van der Waals surface area contributed by atoms with Crippen molar-refractivity contribution in [3.63, 3.8) is 0 Å². The average molecular weight is 341 g/mol. The zero-order chi connectivity index (χ0) is 17.6. The number of aromatic nitrogens is 3. The Morgan fingerprint density at radius 1 is 0.960 bits per heavy atom. The van der Waals surface area contributed by atoms with Gasteiger partial charge in [-0.3, -0.25) is 0 Å². The number of fused-ring (bicyclic) bond motifs is 1. The summed E-state index contributed by atoms with van der Waals surface area (Å²) in [7, 11) is 1.66. The molecule has 25 heavy (non-hydrogen) atoms. The van der Waals surface area contributed by atoms with E-state index in [0.29, 0.717) is 25.7 Å². The lowest BCUT2D eigenvalue weighted by Gasteiger charge is -2.06. The fourth-order valence-electron chi connectivity index (χ4n) is 2.54. The lowest BCUT2D eigenvalue weighted by molar-refractivity contribution is 0.146. The Kier molecular flexibility index (Phi) is 5.50. The summed E-state index contributed by atoms with van der Waals surface area (Å²) in [5.74, 6) is 1.43. The van der Waals surface area contributed by atoms with Crippen LogP contribution in [0.5, 0.6) is 11.6 Å². The molecule has 132 valence electrons. The lowest BCUT2D eigenvalue weighted by atomic mass is 10.1. The van der Waals surface area contributed by atoms with Gasteiger partial charge in [0, 0.05) is 18.7 Å². The number of aryl methyl sites for hydroxylation is 1. The van der Waals surface area contributed by atoms with Crippen LogP contribution in [-0.2, 0) is 4.74 Å². The molecule has 1 aromatic carbocycles. The van der Waals surface area contributed by atoms with E-state index >= 15 is 0 Å². The summed E-state index contributed by atoms with van der Waals surface area (Å²) < 4.78 is 18.0. The van der Waals surface area contributed by atoms with E-state index in [2.05, 4.69) is 12.0 Å². The van der Waals surface area contributed by atoms with Gasteiger partial charge in [-0.1, -0.05) is 6.92 Å². The molecule has 6 heteroatoms. The molecule has 0 unspecified atom stereocenters. The Morgan fingerprint density at radius 2 is 1.76 bits per heavy atom. The predicted molar refractivity (Wildman–Crippen MR) is 96.3 cm³/mol. The van der Waals surface area contributed by atoms with Gasteiger partial charge in [-0.15, -0.1) is 5.10 Å². The molecule has 0 bridgehead atoms. The second-order valence-corrected chi connectivity index (χ2v) is 5.70. The molecule has 0 N–H and O–H groups in total. The number of benzene rings is 1. The van der Waals surface area contributed by atoms with Gasteiger partial charge in [-0.2, -0.15) is 0 Å². The summed E-state index contributed by atoms with van der Waals surface area (Å²) in [6.07, 6.45) is 0.951. The van der Waals surface area contributed by atoms with Crippen molar-refractivity contribution in [3.8, 4) is 22.9 Å². The van der Waals surface area contributed by atoms with E-state index < -0.39 is 0 Å². The van der Waals surface area contributed by atoms with Gasteiger partial charge in [0.05, 0.1) is 24.6 Å². The van der Waals surface area contributed by atoms with Gasteiger partial charge >= 0.3 is 0 Å². The van der Waals surface area contributed by atoms with Crippen molar-refractivity contribution < 1.29 is 14.2 Å². The SMILES string of the molecule is CCCOc1ccc2nc(-c3ccc(OCCOC)cc3)c(C)n2n1. The zero-order valence-electron chi connectivity index (χ0n) is 14.9. The van der Waals surface area contributed by atoms with Crippen LogP contribution in [0.3, 0.4) is 0 Å². The second kappa shape index (κ2) is 7.98. The van der Waals surface area contributed by atoms with Gasteiger partial charge in [0.15, 0.2) is 5.65 Å². The van der Waals surface area contributed by atoms with Crippen LogP contribution in [0, 0.1) is 6.92 Å². The number of nitrogens with zero attached hydrogens (tertiary/aromatic N) is 3. The van der Waals surface area contributed by atoms with Gasteiger partial charge in [-0.05, 0) is 43.7 Å². The minimum absolute atomic E-state index is 0.535. The van der Waals surface area contributed by atoms with Gasteiger partial charge in [0.25, 0.3) is 0 Å². The van der Waals surface area contributed by atoms with Crippen LogP contribution >= 0.6 is 0 Å². The molecule has 0 amide bonds. The highest BCUT2D eigenvalue weighted by molar-refractivity contribution is 5.66. The minimum Gasteiger partial charge on any atom is -0.491 e. The average Bonchev–Trinajstić information content (AvgIpc) is 2.97. The third-order valence-electron chi connectivity index (χ3n) is 3.82. The molecule has 0 aliphatic heterocycles. The fourth-order valence-corrected chi connectivity index (χ4v) is 2.54. The molecule has 3 aromatic rings. The van der Waals surface area contributed by atoms with Crippen LogP contribution in [0.15, 0.2) is 36.4 Å². The maximum Gasteiger partial charge on any atom is 0.231 e. The van der Waals surface area contributed by atoms with E-state index in [9.17, 15) is 0 Å². The van der Waals surface area contributed by atoms with Gasteiger partial charge in [-0.25, -0.2) is 9.50 Å². The monoisotopic (exact) mass is 341 g/mol. The largest absolute Gasteiger partial charge is 0.491 e. The maximum atomic E-state index is 5.61. The van der Waals surface area contributed by atoms with Crippen molar-refractivity contribution in [1.29, 1.82) is 0 Å². The molecule has 2 heterocycles. The van der Waals surface area contributed by atoms with Crippen LogP contribution < -0.4 is 9.47 Å². The number of rotatable bonds is 8. The smallest absolute Gasteiger partial charge is 0.231 e.